The third-order valence-electron chi connectivity index (χ3n) is 3.93. The van der Waals surface area contributed by atoms with Gasteiger partial charge in [-0.3, -0.25) is 4.79 Å². The number of benzene rings is 2. The normalized spacial score (nSPS) is 11.8. The molecular weight excluding hydrogens is 366 g/mol. The number of anilines is 1. The van der Waals surface area contributed by atoms with Crippen LogP contribution in [-0.4, -0.2) is 24.6 Å². The van der Waals surface area contributed by atoms with E-state index in [1.165, 1.54) is 6.92 Å². The average Bonchev–Trinajstić information content (AvgIpc) is 2.61. The number of carbonyl (C=O) groups excluding carboxylic acids is 2. The van der Waals surface area contributed by atoms with Crippen LogP contribution in [0.15, 0.2) is 42.5 Å². The van der Waals surface area contributed by atoms with Gasteiger partial charge in [0.2, 0.25) is 0 Å². The first kappa shape index (κ1) is 20.8. The maximum absolute atomic E-state index is 12.1. The van der Waals surface area contributed by atoms with Gasteiger partial charge in [0.05, 0.1) is 0 Å². The molecule has 0 unspecified atom stereocenters. The standard InChI is InChI=1S/C21H24ClNO4/c1-13(2)18-10-5-14(3)11-19(18)26-12-20(24)27-15(4)21(25)23-17-8-6-16(22)7-9-17/h5-11,13,15H,12H2,1-4H3,(H,23,25)/t15-/m1/s1. The van der Waals surface area contributed by atoms with E-state index in [0.717, 1.165) is 11.1 Å². The fourth-order valence-electron chi connectivity index (χ4n) is 2.44. The number of hydrogen-bond acceptors (Lipinski definition) is 4. The highest BCUT2D eigenvalue weighted by Gasteiger charge is 2.19. The summed E-state index contributed by atoms with van der Waals surface area (Å²) in [6.07, 6.45) is -0.946. The van der Waals surface area contributed by atoms with Gasteiger partial charge >= 0.3 is 5.97 Å². The summed E-state index contributed by atoms with van der Waals surface area (Å²) < 4.78 is 10.8. The summed E-state index contributed by atoms with van der Waals surface area (Å²) in [4.78, 5) is 24.2. The molecule has 6 heteroatoms. The topological polar surface area (TPSA) is 64.6 Å². The molecule has 27 heavy (non-hydrogen) atoms. The molecule has 2 aromatic rings. The molecule has 2 aromatic carbocycles. The quantitative estimate of drug-likeness (QED) is 0.696. The molecule has 5 nitrogen and oxygen atoms in total. The lowest BCUT2D eigenvalue weighted by Crippen LogP contribution is -2.31. The van der Waals surface area contributed by atoms with E-state index in [4.69, 9.17) is 21.1 Å². The summed E-state index contributed by atoms with van der Waals surface area (Å²) in [5.74, 6) is -0.116. The summed E-state index contributed by atoms with van der Waals surface area (Å²) in [5.41, 5.74) is 2.63. The Morgan fingerprint density at radius 3 is 2.37 bits per heavy atom. The molecule has 1 amide bonds. The largest absolute Gasteiger partial charge is 0.482 e. The minimum absolute atomic E-state index is 0.262. The molecule has 0 radical (unpaired) electrons. The number of esters is 1. The van der Waals surface area contributed by atoms with Crippen molar-refractivity contribution in [2.45, 2.75) is 39.7 Å². The molecule has 0 spiro atoms. The number of hydrogen-bond donors (Lipinski definition) is 1. The zero-order valence-electron chi connectivity index (χ0n) is 15.9. The maximum Gasteiger partial charge on any atom is 0.344 e. The van der Waals surface area contributed by atoms with E-state index >= 15 is 0 Å². The van der Waals surface area contributed by atoms with Crippen molar-refractivity contribution in [1.82, 2.24) is 0 Å². The van der Waals surface area contributed by atoms with Crippen molar-refractivity contribution in [2.75, 3.05) is 11.9 Å². The van der Waals surface area contributed by atoms with E-state index in [0.29, 0.717) is 16.5 Å². The highest BCUT2D eigenvalue weighted by Crippen LogP contribution is 2.27. The van der Waals surface area contributed by atoms with Gasteiger partial charge in [0.15, 0.2) is 12.7 Å². The van der Waals surface area contributed by atoms with Crippen LogP contribution in [0.3, 0.4) is 0 Å². The molecule has 0 aliphatic rings. The Bertz CT molecular complexity index is 802. The van der Waals surface area contributed by atoms with Crippen LogP contribution in [0.25, 0.3) is 0 Å². The predicted molar refractivity (Wildman–Crippen MR) is 106 cm³/mol. The minimum Gasteiger partial charge on any atom is -0.482 e. The van der Waals surface area contributed by atoms with Crippen LogP contribution in [0.1, 0.15) is 37.8 Å². The minimum atomic E-state index is -0.946. The number of carbonyl (C=O) groups is 2. The Hall–Kier alpha value is -2.53. The van der Waals surface area contributed by atoms with Gasteiger partial charge in [-0.05, 0) is 61.2 Å². The van der Waals surface area contributed by atoms with Crippen molar-refractivity contribution in [1.29, 1.82) is 0 Å². The summed E-state index contributed by atoms with van der Waals surface area (Å²) >= 11 is 5.81. The van der Waals surface area contributed by atoms with Crippen LogP contribution in [0, 0.1) is 6.92 Å². The van der Waals surface area contributed by atoms with Crippen molar-refractivity contribution in [3.05, 3.63) is 58.6 Å². The van der Waals surface area contributed by atoms with Crippen LogP contribution in [-0.2, 0) is 14.3 Å². The highest BCUT2D eigenvalue weighted by atomic mass is 35.5. The third-order valence-corrected chi connectivity index (χ3v) is 4.18. The summed E-state index contributed by atoms with van der Waals surface area (Å²) in [6, 6.07) is 12.5. The first-order chi connectivity index (χ1) is 12.8. The molecule has 0 saturated heterocycles. The van der Waals surface area contributed by atoms with E-state index in [2.05, 4.69) is 19.2 Å². The number of aryl methyl sites for hydroxylation is 1. The van der Waals surface area contributed by atoms with E-state index in [1.807, 2.05) is 25.1 Å². The van der Waals surface area contributed by atoms with Crippen LogP contribution in [0.4, 0.5) is 5.69 Å². The molecule has 144 valence electrons. The van der Waals surface area contributed by atoms with Crippen molar-refractivity contribution in [3.8, 4) is 5.75 Å². The van der Waals surface area contributed by atoms with Crippen molar-refractivity contribution in [3.63, 3.8) is 0 Å². The second kappa shape index (κ2) is 9.42. The predicted octanol–water partition coefficient (Wildman–Crippen LogP) is 4.72. The molecule has 2 rings (SSSR count). The van der Waals surface area contributed by atoms with Gasteiger partial charge in [-0.1, -0.05) is 37.6 Å². The summed E-state index contributed by atoms with van der Waals surface area (Å²) in [7, 11) is 0. The van der Waals surface area contributed by atoms with E-state index in [1.54, 1.807) is 24.3 Å². The average molecular weight is 390 g/mol. The maximum atomic E-state index is 12.1. The second-order valence-electron chi connectivity index (χ2n) is 6.61. The molecule has 0 bridgehead atoms. The van der Waals surface area contributed by atoms with Gasteiger partial charge in [0.1, 0.15) is 5.75 Å². The smallest absolute Gasteiger partial charge is 0.344 e. The SMILES string of the molecule is Cc1ccc(C(C)C)c(OCC(=O)O[C@H](C)C(=O)Nc2ccc(Cl)cc2)c1. The zero-order chi connectivity index (χ0) is 20.0. The third kappa shape index (κ3) is 6.29. The monoisotopic (exact) mass is 389 g/mol. The Morgan fingerprint density at radius 1 is 1.07 bits per heavy atom. The lowest BCUT2D eigenvalue weighted by Gasteiger charge is -2.16. The molecule has 0 heterocycles. The van der Waals surface area contributed by atoms with E-state index < -0.39 is 18.0 Å². The fourth-order valence-corrected chi connectivity index (χ4v) is 2.57. The molecular formula is C21H24ClNO4. The first-order valence-electron chi connectivity index (χ1n) is 8.75. The van der Waals surface area contributed by atoms with Crippen LogP contribution < -0.4 is 10.1 Å². The van der Waals surface area contributed by atoms with Crippen LogP contribution in [0.5, 0.6) is 5.75 Å². The molecule has 0 saturated carbocycles. The number of ether oxygens (including phenoxy) is 2. The van der Waals surface area contributed by atoms with Gasteiger partial charge in [0.25, 0.3) is 5.91 Å². The van der Waals surface area contributed by atoms with Gasteiger partial charge in [-0.25, -0.2) is 4.79 Å². The van der Waals surface area contributed by atoms with Gasteiger partial charge in [-0.15, -0.1) is 0 Å². The van der Waals surface area contributed by atoms with Crippen molar-refractivity contribution >= 4 is 29.2 Å². The van der Waals surface area contributed by atoms with Crippen LogP contribution >= 0.6 is 11.6 Å². The van der Waals surface area contributed by atoms with Crippen molar-refractivity contribution in [2.24, 2.45) is 0 Å². The second-order valence-corrected chi connectivity index (χ2v) is 7.05. The number of rotatable bonds is 7. The Labute approximate surface area is 164 Å². The number of halogens is 1. The van der Waals surface area contributed by atoms with Gasteiger partial charge < -0.3 is 14.8 Å². The fraction of sp³-hybridized carbons (Fsp3) is 0.333. The molecule has 0 aliphatic heterocycles. The first-order valence-corrected chi connectivity index (χ1v) is 9.13. The molecule has 0 aromatic heterocycles. The van der Waals surface area contributed by atoms with E-state index in [-0.39, 0.29) is 12.5 Å². The van der Waals surface area contributed by atoms with Gasteiger partial charge in [0, 0.05) is 10.7 Å². The lowest BCUT2D eigenvalue weighted by atomic mass is 10.0. The molecule has 0 aliphatic carbocycles. The molecule has 1 atom stereocenters. The van der Waals surface area contributed by atoms with Crippen molar-refractivity contribution < 1.29 is 19.1 Å². The van der Waals surface area contributed by atoms with Gasteiger partial charge in [-0.2, -0.15) is 0 Å². The van der Waals surface area contributed by atoms with Crippen LogP contribution in [0.2, 0.25) is 5.02 Å². The number of nitrogens with one attached hydrogen (secondary N) is 1. The summed E-state index contributed by atoms with van der Waals surface area (Å²) in [6.45, 7) is 7.31. The molecule has 1 N–H and O–H groups in total. The highest BCUT2D eigenvalue weighted by molar-refractivity contribution is 6.30. The lowest BCUT2D eigenvalue weighted by molar-refractivity contribution is -0.155. The van der Waals surface area contributed by atoms with E-state index in [9.17, 15) is 9.59 Å². The Morgan fingerprint density at radius 2 is 1.74 bits per heavy atom. The zero-order valence-corrected chi connectivity index (χ0v) is 16.7. The summed E-state index contributed by atoms with van der Waals surface area (Å²) in [5, 5.41) is 3.23. The Balaban J connectivity index is 1.89. The molecule has 0 fully saturated rings. The number of amides is 1. The Kier molecular flexibility index (Phi) is 7.25.